The molecule has 9 nitrogen and oxygen atoms in total. The van der Waals surface area contributed by atoms with Gasteiger partial charge in [0.2, 0.25) is 0 Å². The first-order valence-corrected chi connectivity index (χ1v) is 12.4. The number of aliphatic hydroxyl groups is 1. The smallest absolute Gasteiger partial charge is 0.475 e. The lowest BCUT2D eigenvalue weighted by Gasteiger charge is -2.25. The number of hydrogen-bond acceptors (Lipinski definition) is 6. The lowest BCUT2D eigenvalue weighted by atomic mass is 10.1. The Balaban J connectivity index is 0.000000505. The number of aliphatic carboxylic acids is 1. The highest BCUT2D eigenvalue weighted by Crippen LogP contribution is 2.31. The summed E-state index contributed by atoms with van der Waals surface area (Å²) in [5.74, 6) is -2.99. The molecule has 202 valence electrons. The Morgan fingerprint density at radius 1 is 1.16 bits per heavy atom. The van der Waals surface area contributed by atoms with Gasteiger partial charge in [-0.05, 0) is 79.1 Å². The largest absolute Gasteiger partial charge is 0.490 e. The minimum atomic E-state index is -5.08. The average molecular weight is 644 g/mol. The van der Waals surface area contributed by atoms with E-state index in [4.69, 9.17) is 15.6 Å². The minimum Gasteiger partial charge on any atom is -0.475 e. The third-order valence-electron chi connectivity index (χ3n) is 5.64. The van der Waals surface area contributed by atoms with Gasteiger partial charge >= 0.3 is 12.1 Å². The van der Waals surface area contributed by atoms with Crippen LogP contribution in [0.5, 0.6) is 0 Å². The van der Waals surface area contributed by atoms with Crippen molar-refractivity contribution in [2.24, 2.45) is 0 Å². The number of rotatable bonds is 6. The second-order valence-electron chi connectivity index (χ2n) is 8.57. The van der Waals surface area contributed by atoms with Crippen molar-refractivity contribution < 1.29 is 37.8 Å². The number of carbonyl (C=O) groups is 3. The van der Waals surface area contributed by atoms with Crippen LogP contribution in [-0.2, 0) is 4.79 Å². The van der Waals surface area contributed by atoms with E-state index in [9.17, 15) is 27.9 Å². The molecular formula is C25H24F3IN4O5. The summed E-state index contributed by atoms with van der Waals surface area (Å²) in [7, 11) is 0. The van der Waals surface area contributed by atoms with Crippen molar-refractivity contribution in [3.05, 3.63) is 74.5 Å². The summed E-state index contributed by atoms with van der Waals surface area (Å²) in [6.45, 7) is 3.48. The van der Waals surface area contributed by atoms with E-state index in [1.807, 2.05) is 25.1 Å². The summed E-state index contributed by atoms with van der Waals surface area (Å²) in [6, 6.07) is 12.6. The number of halogens is 4. The molecule has 1 aliphatic carbocycles. The van der Waals surface area contributed by atoms with Gasteiger partial charge < -0.3 is 20.8 Å². The number of aryl methyl sites for hydroxylation is 1. The number of amides is 1. The molecule has 0 aliphatic heterocycles. The van der Waals surface area contributed by atoms with Crippen LogP contribution in [0, 0.1) is 10.5 Å². The van der Waals surface area contributed by atoms with Crippen LogP contribution in [0.2, 0.25) is 0 Å². The molecule has 13 heteroatoms. The highest BCUT2D eigenvalue weighted by atomic mass is 127. The number of aromatic nitrogens is 2. The van der Waals surface area contributed by atoms with Crippen LogP contribution in [-0.4, -0.2) is 61.0 Å². The number of nitrogens with zero attached hydrogens (tertiary/aromatic N) is 3. The average Bonchev–Trinajstić information content (AvgIpc) is 3.59. The Kier molecular flexibility index (Phi) is 8.82. The van der Waals surface area contributed by atoms with Crippen LogP contribution in [0.15, 0.2) is 48.7 Å². The van der Waals surface area contributed by atoms with Gasteiger partial charge in [-0.2, -0.15) is 18.3 Å². The van der Waals surface area contributed by atoms with E-state index in [2.05, 4.69) is 27.7 Å². The summed E-state index contributed by atoms with van der Waals surface area (Å²) in [5.41, 5.74) is 9.07. The van der Waals surface area contributed by atoms with Crippen LogP contribution >= 0.6 is 22.6 Å². The molecule has 0 saturated heterocycles. The van der Waals surface area contributed by atoms with Crippen LogP contribution in [0.25, 0.3) is 5.69 Å². The topological polar surface area (TPSA) is 139 Å². The number of anilines is 1. The van der Waals surface area contributed by atoms with Crippen molar-refractivity contribution in [2.75, 3.05) is 5.73 Å². The minimum absolute atomic E-state index is 0.0740. The van der Waals surface area contributed by atoms with Gasteiger partial charge in [0.1, 0.15) is 12.0 Å². The van der Waals surface area contributed by atoms with Crippen LogP contribution < -0.4 is 5.73 Å². The van der Waals surface area contributed by atoms with E-state index in [0.29, 0.717) is 22.4 Å². The van der Waals surface area contributed by atoms with Crippen molar-refractivity contribution in [1.82, 2.24) is 14.7 Å². The molecule has 3 aromatic rings. The number of benzene rings is 2. The second-order valence-corrected chi connectivity index (χ2v) is 9.82. The number of hydrogen-bond donors (Lipinski definition) is 3. The standard InChI is InChI=1S/C23H23IN4O3.C2HF3O2/c1-13-6-7-16(23(31)27(14(2)29)18-8-9-18)11-20(13)28-22(25)19(12-26-28)21(30)15-4-3-5-17(24)10-15;3-2(4,5)1(6)7/h3-7,10-12,14,18,29H,8-9,25H2,1-2H3;(H,6,7). The number of nitrogen functional groups attached to an aromatic ring is 1. The molecule has 4 rings (SSSR count). The summed E-state index contributed by atoms with van der Waals surface area (Å²) >= 11 is 2.16. The maximum Gasteiger partial charge on any atom is 0.490 e. The first-order valence-electron chi connectivity index (χ1n) is 11.3. The molecular weight excluding hydrogens is 620 g/mol. The third kappa shape index (κ3) is 6.69. The molecule has 1 aromatic heterocycles. The molecule has 1 amide bonds. The lowest BCUT2D eigenvalue weighted by molar-refractivity contribution is -0.192. The highest BCUT2D eigenvalue weighted by molar-refractivity contribution is 14.1. The number of carboxylic acids is 1. The lowest BCUT2D eigenvalue weighted by Crippen LogP contribution is -2.40. The number of nitrogens with two attached hydrogens (primary N) is 1. The Labute approximate surface area is 229 Å². The second kappa shape index (κ2) is 11.5. The Hall–Kier alpha value is -3.46. The zero-order chi connectivity index (χ0) is 28.4. The molecule has 4 N–H and O–H groups in total. The van der Waals surface area contributed by atoms with E-state index in [0.717, 1.165) is 22.0 Å². The first-order chi connectivity index (χ1) is 17.7. The van der Waals surface area contributed by atoms with Crippen molar-refractivity contribution in [3.63, 3.8) is 0 Å². The summed E-state index contributed by atoms with van der Waals surface area (Å²) < 4.78 is 34.2. The molecule has 0 radical (unpaired) electrons. The van der Waals surface area contributed by atoms with Gasteiger partial charge in [0.15, 0.2) is 5.78 Å². The van der Waals surface area contributed by atoms with Crippen molar-refractivity contribution in [1.29, 1.82) is 0 Å². The van der Waals surface area contributed by atoms with Gasteiger partial charge in [-0.25, -0.2) is 9.48 Å². The van der Waals surface area contributed by atoms with Crippen molar-refractivity contribution >= 4 is 46.1 Å². The summed E-state index contributed by atoms with van der Waals surface area (Å²) in [6.07, 6.45) is -2.70. The predicted molar refractivity (Wildman–Crippen MR) is 140 cm³/mol. The SMILES string of the molecule is Cc1ccc(C(=O)N(C(C)O)C2CC2)cc1-n1ncc(C(=O)c2cccc(I)c2)c1N.O=C(O)C(F)(F)F. The molecule has 1 unspecified atom stereocenters. The van der Waals surface area contributed by atoms with Gasteiger partial charge in [0.25, 0.3) is 5.91 Å². The molecule has 1 atom stereocenters. The monoisotopic (exact) mass is 644 g/mol. The van der Waals surface area contributed by atoms with E-state index in [1.54, 1.807) is 31.2 Å². The zero-order valence-corrected chi connectivity index (χ0v) is 22.4. The number of ketones is 1. The Bertz CT molecular complexity index is 1370. The molecule has 1 fully saturated rings. The van der Waals surface area contributed by atoms with Gasteiger partial charge in [-0.15, -0.1) is 0 Å². The van der Waals surface area contributed by atoms with Gasteiger partial charge in [-0.3, -0.25) is 9.59 Å². The quantitative estimate of drug-likeness (QED) is 0.208. The van der Waals surface area contributed by atoms with Gasteiger partial charge in [0, 0.05) is 20.7 Å². The van der Waals surface area contributed by atoms with E-state index < -0.39 is 18.4 Å². The van der Waals surface area contributed by atoms with Gasteiger partial charge in [-0.1, -0.05) is 18.2 Å². The number of alkyl halides is 3. The van der Waals surface area contributed by atoms with Crippen LogP contribution in [0.1, 0.15) is 51.6 Å². The normalized spacial score (nSPS) is 13.8. The maximum absolute atomic E-state index is 13.0. The molecule has 1 heterocycles. The maximum atomic E-state index is 13.0. The first kappa shape index (κ1) is 29.1. The molecule has 1 aliphatic rings. The molecule has 2 aromatic carbocycles. The Morgan fingerprint density at radius 3 is 2.32 bits per heavy atom. The number of carboxylic acid groups (broad SMARTS) is 1. The fourth-order valence-corrected chi connectivity index (χ4v) is 4.17. The van der Waals surface area contributed by atoms with E-state index in [-0.39, 0.29) is 23.6 Å². The van der Waals surface area contributed by atoms with E-state index in [1.165, 1.54) is 15.8 Å². The zero-order valence-electron chi connectivity index (χ0n) is 20.2. The van der Waals surface area contributed by atoms with Crippen molar-refractivity contribution in [2.45, 2.75) is 45.1 Å². The molecule has 38 heavy (non-hydrogen) atoms. The third-order valence-corrected chi connectivity index (χ3v) is 6.31. The van der Waals surface area contributed by atoms with Crippen LogP contribution in [0.4, 0.5) is 19.0 Å². The predicted octanol–water partition coefficient (Wildman–Crippen LogP) is 4.17. The number of carbonyl (C=O) groups excluding carboxylic acids is 2. The molecule has 0 spiro atoms. The fourth-order valence-electron chi connectivity index (χ4n) is 3.62. The molecule has 0 bridgehead atoms. The molecule has 1 saturated carbocycles. The highest BCUT2D eigenvalue weighted by Gasteiger charge is 2.38. The van der Waals surface area contributed by atoms with E-state index >= 15 is 0 Å². The summed E-state index contributed by atoms with van der Waals surface area (Å²) in [4.78, 5) is 36.4. The van der Waals surface area contributed by atoms with Crippen molar-refractivity contribution in [3.8, 4) is 5.69 Å². The summed E-state index contributed by atoms with van der Waals surface area (Å²) in [5, 5.41) is 21.5. The Morgan fingerprint density at radius 2 is 1.79 bits per heavy atom. The van der Waals surface area contributed by atoms with Gasteiger partial charge in [0.05, 0.1) is 17.4 Å². The number of aliphatic hydroxyl groups excluding tert-OH is 1. The fraction of sp³-hybridized carbons (Fsp3) is 0.280. The van der Waals surface area contributed by atoms with Crippen LogP contribution in [0.3, 0.4) is 0 Å².